The predicted molar refractivity (Wildman–Crippen MR) is 83.8 cm³/mol. The third-order valence-corrected chi connectivity index (χ3v) is 4.77. The molecular weight excluding hydrogens is 264 g/mol. The van der Waals surface area contributed by atoms with Gasteiger partial charge in [0.05, 0.1) is 6.61 Å². The fraction of sp³-hybridized carbons (Fsp3) is 0.588. The van der Waals surface area contributed by atoms with Crippen molar-refractivity contribution in [3.63, 3.8) is 0 Å². The molecule has 116 valence electrons. The highest BCUT2D eigenvalue weighted by Crippen LogP contribution is 2.40. The fourth-order valence-corrected chi connectivity index (χ4v) is 3.17. The first-order valence-corrected chi connectivity index (χ1v) is 7.88. The molecule has 2 rings (SSSR count). The first kappa shape index (κ1) is 15.8. The third-order valence-electron chi connectivity index (χ3n) is 4.77. The highest BCUT2D eigenvalue weighted by Gasteiger charge is 2.32. The molecule has 0 heterocycles. The van der Waals surface area contributed by atoms with Crippen LogP contribution in [-0.4, -0.2) is 17.7 Å². The summed E-state index contributed by atoms with van der Waals surface area (Å²) in [5.74, 6) is 0. The summed E-state index contributed by atoms with van der Waals surface area (Å²) >= 11 is 0. The lowest BCUT2D eigenvalue weighted by molar-refractivity contribution is 0.224. The Balaban J connectivity index is 1.79. The summed E-state index contributed by atoms with van der Waals surface area (Å²) in [7, 11) is 0. The predicted octanol–water partition coefficient (Wildman–Crippen LogP) is 2.95. The molecule has 1 aliphatic rings. The van der Waals surface area contributed by atoms with E-state index in [0.29, 0.717) is 12.0 Å². The van der Waals surface area contributed by atoms with E-state index < -0.39 is 0 Å². The molecule has 1 aliphatic carbocycles. The summed E-state index contributed by atoms with van der Waals surface area (Å²) in [5, 5.41) is 15.2. The second-order valence-corrected chi connectivity index (χ2v) is 6.02. The largest absolute Gasteiger partial charge is 0.392 e. The molecule has 0 bridgehead atoms. The second kappa shape index (κ2) is 7.46. The van der Waals surface area contributed by atoms with Gasteiger partial charge in [-0.25, -0.2) is 4.79 Å². The van der Waals surface area contributed by atoms with E-state index in [1.807, 2.05) is 24.3 Å². The monoisotopic (exact) mass is 290 g/mol. The van der Waals surface area contributed by atoms with E-state index in [2.05, 4.69) is 17.6 Å². The first-order valence-electron chi connectivity index (χ1n) is 7.88. The molecule has 21 heavy (non-hydrogen) atoms. The van der Waals surface area contributed by atoms with Crippen LogP contribution in [0.2, 0.25) is 0 Å². The van der Waals surface area contributed by atoms with Gasteiger partial charge in [-0.15, -0.1) is 0 Å². The minimum atomic E-state index is -0.123. The van der Waals surface area contributed by atoms with Crippen molar-refractivity contribution in [3.05, 3.63) is 35.4 Å². The van der Waals surface area contributed by atoms with Crippen molar-refractivity contribution in [2.75, 3.05) is 6.54 Å². The number of rotatable bonds is 6. The van der Waals surface area contributed by atoms with E-state index in [1.54, 1.807) is 0 Å². The van der Waals surface area contributed by atoms with Crippen LogP contribution in [0.4, 0.5) is 4.79 Å². The summed E-state index contributed by atoms with van der Waals surface area (Å²) in [6.07, 6.45) is 6.12. The van der Waals surface area contributed by atoms with Gasteiger partial charge in [-0.05, 0) is 35.8 Å². The summed E-state index contributed by atoms with van der Waals surface area (Å²) < 4.78 is 0. The minimum Gasteiger partial charge on any atom is -0.392 e. The van der Waals surface area contributed by atoms with Crippen LogP contribution < -0.4 is 10.6 Å². The first-order chi connectivity index (χ1) is 10.2. The van der Waals surface area contributed by atoms with Crippen LogP contribution in [0.1, 0.15) is 50.2 Å². The van der Waals surface area contributed by atoms with Gasteiger partial charge in [-0.1, -0.05) is 44.0 Å². The maximum Gasteiger partial charge on any atom is 0.315 e. The lowest BCUT2D eigenvalue weighted by Gasteiger charge is -2.27. The average Bonchev–Trinajstić information content (AvgIpc) is 3.00. The van der Waals surface area contributed by atoms with Crippen molar-refractivity contribution < 1.29 is 9.90 Å². The van der Waals surface area contributed by atoms with E-state index in [9.17, 15) is 9.90 Å². The molecule has 1 fully saturated rings. The molecule has 4 nitrogen and oxygen atoms in total. The highest BCUT2D eigenvalue weighted by molar-refractivity contribution is 5.73. The van der Waals surface area contributed by atoms with Crippen LogP contribution in [0, 0.1) is 5.41 Å². The van der Waals surface area contributed by atoms with Gasteiger partial charge in [0, 0.05) is 13.1 Å². The number of benzene rings is 1. The summed E-state index contributed by atoms with van der Waals surface area (Å²) in [5.41, 5.74) is 2.13. The van der Waals surface area contributed by atoms with Crippen LogP contribution in [0.15, 0.2) is 24.3 Å². The number of hydrogen-bond acceptors (Lipinski definition) is 2. The summed E-state index contributed by atoms with van der Waals surface area (Å²) in [6, 6.07) is 7.48. The number of aliphatic hydroxyl groups excluding tert-OH is 1. The van der Waals surface area contributed by atoms with Gasteiger partial charge >= 0.3 is 6.03 Å². The third kappa shape index (κ3) is 4.21. The van der Waals surface area contributed by atoms with Gasteiger partial charge in [-0.3, -0.25) is 0 Å². The Hall–Kier alpha value is -1.55. The Kier molecular flexibility index (Phi) is 5.62. The van der Waals surface area contributed by atoms with Crippen molar-refractivity contribution in [3.8, 4) is 0 Å². The topological polar surface area (TPSA) is 61.4 Å². The van der Waals surface area contributed by atoms with Gasteiger partial charge in [-0.2, -0.15) is 0 Å². The molecule has 0 aromatic heterocycles. The zero-order valence-corrected chi connectivity index (χ0v) is 12.8. The molecule has 0 radical (unpaired) electrons. The molecule has 0 unspecified atom stereocenters. The van der Waals surface area contributed by atoms with Crippen LogP contribution >= 0.6 is 0 Å². The number of nitrogens with one attached hydrogen (secondary N) is 2. The van der Waals surface area contributed by atoms with Gasteiger partial charge < -0.3 is 15.7 Å². The fourth-order valence-electron chi connectivity index (χ4n) is 3.17. The zero-order chi connectivity index (χ0) is 15.1. The molecule has 4 heteroatoms. The van der Waals surface area contributed by atoms with Crippen molar-refractivity contribution in [1.29, 1.82) is 0 Å². The van der Waals surface area contributed by atoms with Crippen molar-refractivity contribution in [2.24, 2.45) is 5.41 Å². The molecule has 0 aliphatic heterocycles. The average molecular weight is 290 g/mol. The van der Waals surface area contributed by atoms with E-state index >= 15 is 0 Å². The van der Waals surface area contributed by atoms with Crippen molar-refractivity contribution >= 4 is 6.03 Å². The van der Waals surface area contributed by atoms with Gasteiger partial charge in [0.15, 0.2) is 0 Å². The molecule has 3 N–H and O–H groups in total. The van der Waals surface area contributed by atoms with Crippen LogP contribution in [0.5, 0.6) is 0 Å². The molecule has 1 aromatic rings. The lowest BCUT2D eigenvalue weighted by Crippen LogP contribution is -2.41. The van der Waals surface area contributed by atoms with Crippen LogP contribution in [0.25, 0.3) is 0 Å². The zero-order valence-electron chi connectivity index (χ0n) is 12.8. The summed E-state index contributed by atoms with van der Waals surface area (Å²) in [4.78, 5) is 11.9. The molecule has 0 saturated heterocycles. The number of aliphatic hydroxyl groups is 1. The van der Waals surface area contributed by atoms with E-state index in [-0.39, 0.29) is 12.6 Å². The highest BCUT2D eigenvalue weighted by atomic mass is 16.3. The van der Waals surface area contributed by atoms with Gasteiger partial charge in [0.2, 0.25) is 0 Å². The maximum absolute atomic E-state index is 11.9. The standard InChI is InChI=1S/C17H26N2O2/c1-2-17(9-5-6-10-17)13-19-16(21)18-11-14-7-3-4-8-15(14)12-20/h3-4,7-8,20H,2,5-6,9-13H2,1H3,(H2,18,19,21). The Labute approximate surface area is 126 Å². The number of hydrogen-bond donors (Lipinski definition) is 3. The number of carbonyl (C=O) groups is 1. The van der Waals surface area contributed by atoms with E-state index in [4.69, 9.17) is 0 Å². The smallest absolute Gasteiger partial charge is 0.315 e. The van der Waals surface area contributed by atoms with E-state index in [0.717, 1.165) is 24.1 Å². The number of urea groups is 1. The number of carbonyl (C=O) groups excluding carboxylic acids is 1. The Morgan fingerprint density at radius 3 is 2.48 bits per heavy atom. The molecule has 0 spiro atoms. The SMILES string of the molecule is CCC1(CNC(=O)NCc2ccccc2CO)CCCC1. The van der Waals surface area contributed by atoms with E-state index in [1.165, 1.54) is 25.7 Å². The Morgan fingerprint density at radius 2 is 1.86 bits per heavy atom. The Morgan fingerprint density at radius 1 is 1.19 bits per heavy atom. The quantitative estimate of drug-likeness (QED) is 0.754. The summed E-state index contributed by atoms with van der Waals surface area (Å²) in [6.45, 7) is 3.42. The molecule has 0 atom stereocenters. The maximum atomic E-state index is 11.9. The van der Waals surface area contributed by atoms with Gasteiger partial charge in [0.1, 0.15) is 0 Å². The number of amides is 2. The van der Waals surface area contributed by atoms with Crippen LogP contribution in [0.3, 0.4) is 0 Å². The van der Waals surface area contributed by atoms with Crippen molar-refractivity contribution in [1.82, 2.24) is 10.6 Å². The second-order valence-electron chi connectivity index (χ2n) is 6.02. The molecular formula is C17H26N2O2. The Bertz CT molecular complexity index is 468. The minimum absolute atomic E-state index is 0.00157. The lowest BCUT2D eigenvalue weighted by atomic mass is 9.83. The molecule has 1 aromatic carbocycles. The molecule has 2 amide bonds. The van der Waals surface area contributed by atoms with Gasteiger partial charge in [0.25, 0.3) is 0 Å². The molecule has 1 saturated carbocycles. The van der Waals surface area contributed by atoms with Crippen LogP contribution in [-0.2, 0) is 13.2 Å². The van der Waals surface area contributed by atoms with Crippen molar-refractivity contribution in [2.45, 2.75) is 52.2 Å². The normalized spacial score (nSPS) is 16.7.